The monoisotopic (exact) mass is 129 g/mol. The summed E-state index contributed by atoms with van der Waals surface area (Å²) in [6, 6.07) is 0. The summed E-state index contributed by atoms with van der Waals surface area (Å²) in [5.41, 5.74) is 0. The maximum atomic E-state index is 3.56. The highest BCUT2D eigenvalue weighted by Gasteiger charge is 1.57. The molecule has 3 nitrogen and oxygen atoms in total. The summed E-state index contributed by atoms with van der Waals surface area (Å²) in [6.45, 7) is 8.00. The first-order chi connectivity index (χ1) is 4.50. The smallest absolute Gasteiger partial charge is 0.137 e. The third kappa shape index (κ3) is 11.0. The first kappa shape index (κ1) is 11.0. The van der Waals surface area contributed by atoms with E-state index in [2.05, 4.69) is 15.2 Å². The van der Waals surface area contributed by atoms with Gasteiger partial charge in [0.15, 0.2) is 0 Å². The Labute approximate surface area is 56.5 Å². The largest absolute Gasteiger partial charge is 0.266 e. The molecule has 0 unspecified atom stereocenters. The number of hydrogen-bond acceptors (Lipinski definition) is 2. The molecule has 1 aromatic rings. The van der Waals surface area contributed by atoms with Crippen molar-refractivity contribution in [1.29, 1.82) is 0 Å². The number of rotatable bonds is 0. The minimum atomic E-state index is 1.44. The van der Waals surface area contributed by atoms with Crippen LogP contribution in [0.5, 0.6) is 0 Å². The molecule has 0 atom stereocenters. The average Bonchev–Trinajstić information content (AvgIpc) is 2.51. The van der Waals surface area contributed by atoms with Crippen molar-refractivity contribution in [3.05, 3.63) is 12.7 Å². The van der Waals surface area contributed by atoms with Gasteiger partial charge < -0.3 is 0 Å². The maximum absolute atomic E-state index is 3.56. The molecule has 1 N–H and O–H groups in total. The molecule has 0 saturated heterocycles. The Balaban J connectivity index is 0. The van der Waals surface area contributed by atoms with Crippen LogP contribution in [-0.4, -0.2) is 15.2 Å². The lowest BCUT2D eigenvalue weighted by Crippen LogP contribution is -1.53. The molecule has 0 radical (unpaired) electrons. The summed E-state index contributed by atoms with van der Waals surface area (Å²) in [4.78, 5) is 3.56. The highest BCUT2D eigenvalue weighted by atomic mass is 15.2. The molecule has 0 aliphatic heterocycles. The molecule has 0 aliphatic carbocycles. The lowest BCUT2D eigenvalue weighted by Gasteiger charge is -1.46. The fourth-order valence-corrected chi connectivity index (χ4v) is 0.167. The number of aromatic amines is 1. The molecule has 9 heavy (non-hydrogen) atoms. The van der Waals surface area contributed by atoms with Crippen molar-refractivity contribution in [3.8, 4) is 0 Å². The van der Waals surface area contributed by atoms with Gasteiger partial charge >= 0.3 is 0 Å². The number of nitrogens with zero attached hydrogens (tertiary/aromatic N) is 2. The van der Waals surface area contributed by atoms with Crippen molar-refractivity contribution in [2.45, 2.75) is 27.7 Å². The molecule has 0 fully saturated rings. The second kappa shape index (κ2) is 15.7. The molecule has 0 aliphatic rings. The van der Waals surface area contributed by atoms with E-state index in [-0.39, 0.29) is 0 Å². The van der Waals surface area contributed by atoms with Gasteiger partial charge in [-0.2, -0.15) is 5.10 Å². The standard InChI is InChI=1S/C2H3N3.2C2H6/c1-3-2-5-4-1;2*1-2/h1-2H,(H,3,4,5);2*1-2H3. The summed E-state index contributed by atoms with van der Waals surface area (Å²) in [5, 5.41) is 5.99. The van der Waals surface area contributed by atoms with Gasteiger partial charge in [-0.25, -0.2) is 4.98 Å². The Hall–Kier alpha value is -0.860. The van der Waals surface area contributed by atoms with Crippen LogP contribution in [0.2, 0.25) is 0 Å². The molecular formula is C6H15N3. The molecule has 0 aromatic carbocycles. The highest BCUT2D eigenvalue weighted by molar-refractivity contribution is 4.43. The summed E-state index contributed by atoms with van der Waals surface area (Å²) in [5.74, 6) is 0. The van der Waals surface area contributed by atoms with E-state index in [4.69, 9.17) is 0 Å². The minimum Gasteiger partial charge on any atom is -0.266 e. The van der Waals surface area contributed by atoms with E-state index in [1.807, 2.05) is 27.7 Å². The predicted octanol–water partition coefficient (Wildman–Crippen LogP) is 1.86. The average molecular weight is 129 g/mol. The van der Waals surface area contributed by atoms with Crippen molar-refractivity contribution in [2.24, 2.45) is 0 Å². The predicted molar refractivity (Wildman–Crippen MR) is 39.1 cm³/mol. The summed E-state index contributed by atoms with van der Waals surface area (Å²) >= 11 is 0. The summed E-state index contributed by atoms with van der Waals surface area (Å²) < 4.78 is 0. The van der Waals surface area contributed by atoms with Gasteiger partial charge in [0.25, 0.3) is 0 Å². The van der Waals surface area contributed by atoms with Crippen LogP contribution in [0.25, 0.3) is 0 Å². The Morgan fingerprint density at radius 1 is 1.11 bits per heavy atom. The van der Waals surface area contributed by atoms with Crippen molar-refractivity contribution in [2.75, 3.05) is 0 Å². The fourth-order valence-electron chi connectivity index (χ4n) is 0.167. The molecule has 54 valence electrons. The van der Waals surface area contributed by atoms with E-state index in [1.54, 1.807) is 0 Å². The van der Waals surface area contributed by atoms with Gasteiger partial charge in [-0.3, -0.25) is 5.10 Å². The van der Waals surface area contributed by atoms with Crippen LogP contribution in [0, 0.1) is 0 Å². The first-order valence-electron chi connectivity index (χ1n) is 3.29. The zero-order valence-electron chi connectivity index (χ0n) is 6.55. The van der Waals surface area contributed by atoms with E-state index in [0.29, 0.717) is 0 Å². The van der Waals surface area contributed by atoms with Crippen LogP contribution in [0.3, 0.4) is 0 Å². The SMILES string of the molecule is CC.CC.c1nc[nH]n1. The topological polar surface area (TPSA) is 41.6 Å². The number of aromatic nitrogens is 3. The van der Waals surface area contributed by atoms with Gasteiger partial charge in [0.2, 0.25) is 0 Å². The Morgan fingerprint density at radius 3 is 1.78 bits per heavy atom. The van der Waals surface area contributed by atoms with E-state index in [1.165, 1.54) is 12.7 Å². The lowest BCUT2D eigenvalue weighted by molar-refractivity contribution is 1.09. The maximum Gasteiger partial charge on any atom is 0.137 e. The van der Waals surface area contributed by atoms with Gasteiger partial charge in [-0.15, -0.1) is 0 Å². The van der Waals surface area contributed by atoms with E-state index in [0.717, 1.165) is 0 Å². The van der Waals surface area contributed by atoms with Crippen LogP contribution in [-0.2, 0) is 0 Å². The van der Waals surface area contributed by atoms with Crippen molar-refractivity contribution in [1.82, 2.24) is 15.2 Å². The van der Waals surface area contributed by atoms with Crippen molar-refractivity contribution < 1.29 is 0 Å². The number of nitrogens with one attached hydrogen (secondary N) is 1. The van der Waals surface area contributed by atoms with Crippen LogP contribution in [0.1, 0.15) is 27.7 Å². The van der Waals surface area contributed by atoms with Crippen LogP contribution < -0.4 is 0 Å². The summed E-state index contributed by atoms with van der Waals surface area (Å²) in [6.07, 6.45) is 2.96. The second-order valence-corrected chi connectivity index (χ2v) is 0.652. The number of hydrogen-bond donors (Lipinski definition) is 1. The normalized spacial score (nSPS) is 5.78. The van der Waals surface area contributed by atoms with Crippen molar-refractivity contribution >= 4 is 0 Å². The fraction of sp³-hybridized carbons (Fsp3) is 0.667. The van der Waals surface area contributed by atoms with E-state index >= 15 is 0 Å². The quantitative estimate of drug-likeness (QED) is 0.581. The van der Waals surface area contributed by atoms with Crippen molar-refractivity contribution in [3.63, 3.8) is 0 Å². The molecule has 0 spiro atoms. The third-order valence-corrected chi connectivity index (χ3v) is 0.331. The third-order valence-electron chi connectivity index (χ3n) is 0.331. The van der Waals surface area contributed by atoms with Crippen LogP contribution in [0.15, 0.2) is 12.7 Å². The molecule has 1 aromatic heterocycles. The van der Waals surface area contributed by atoms with Gasteiger partial charge in [-0.05, 0) is 0 Å². The molecule has 1 rings (SSSR count). The number of H-pyrrole nitrogens is 1. The Morgan fingerprint density at radius 2 is 1.67 bits per heavy atom. The molecule has 0 saturated carbocycles. The van der Waals surface area contributed by atoms with Gasteiger partial charge in [0, 0.05) is 0 Å². The van der Waals surface area contributed by atoms with E-state index < -0.39 is 0 Å². The zero-order valence-corrected chi connectivity index (χ0v) is 6.55. The van der Waals surface area contributed by atoms with Crippen LogP contribution in [0.4, 0.5) is 0 Å². The second-order valence-electron chi connectivity index (χ2n) is 0.652. The lowest BCUT2D eigenvalue weighted by atomic mass is 11.0. The highest BCUT2D eigenvalue weighted by Crippen LogP contribution is 1.53. The van der Waals surface area contributed by atoms with Gasteiger partial charge in [-0.1, -0.05) is 27.7 Å². The molecule has 0 amide bonds. The minimum absolute atomic E-state index is 1.44. The van der Waals surface area contributed by atoms with Crippen LogP contribution >= 0.6 is 0 Å². The Bertz CT molecular complexity index is 64.8. The zero-order chi connectivity index (χ0) is 7.54. The Kier molecular flexibility index (Phi) is 19.2. The van der Waals surface area contributed by atoms with Gasteiger partial charge in [0.1, 0.15) is 12.7 Å². The van der Waals surface area contributed by atoms with E-state index in [9.17, 15) is 0 Å². The van der Waals surface area contributed by atoms with Gasteiger partial charge in [0.05, 0.1) is 0 Å². The molecule has 0 bridgehead atoms. The first-order valence-corrected chi connectivity index (χ1v) is 3.29. The molecule has 3 heteroatoms. The molecule has 1 heterocycles. The summed E-state index contributed by atoms with van der Waals surface area (Å²) in [7, 11) is 0. The molecular weight excluding hydrogens is 114 g/mol.